The van der Waals surface area contributed by atoms with Gasteiger partial charge in [0, 0.05) is 5.92 Å². The van der Waals surface area contributed by atoms with Crippen molar-refractivity contribution in [3.05, 3.63) is 65.7 Å². The monoisotopic (exact) mass is 312 g/mol. The van der Waals surface area contributed by atoms with Crippen LogP contribution in [0.4, 0.5) is 0 Å². The molecule has 0 fully saturated rings. The van der Waals surface area contributed by atoms with E-state index in [4.69, 9.17) is 9.47 Å². The van der Waals surface area contributed by atoms with E-state index in [1.807, 2.05) is 75.4 Å². The van der Waals surface area contributed by atoms with Crippen LogP contribution in [-0.2, 0) is 9.53 Å². The highest BCUT2D eigenvalue weighted by Crippen LogP contribution is 2.30. The summed E-state index contributed by atoms with van der Waals surface area (Å²) >= 11 is 0. The predicted molar refractivity (Wildman–Crippen MR) is 91.7 cm³/mol. The van der Waals surface area contributed by atoms with Crippen LogP contribution in [0.25, 0.3) is 0 Å². The highest BCUT2D eigenvalue weighted by molar-refractivity contribution is 5.72. The third kappa shape index (κ3) is 5.13. The molecule has 0 bridgehead atoms. The van der Waals surface area contributed by atoms with Crippen molar-refractivity contribution >= 4 is 5.97 Å². The number of ether oxygens (including phenoxy) is 2. The molecule has 2 rings (SSSR count). The first-order valence-electron chi connectivity index (χ1n) is 7.80. The first-order chi connectivity index (χ1) is 10.9. The maximum Gasteiger partial charge on any atom is 0.307 e. The second-order valence-electron chi connectivity index (χ2n) is 6.53. The average molecular weight is 312 g/mol. The Kier molecular flexibility index (Phi) is 5.43. The Morgan fingerprint density at radius 3 is 2.04 bits per heavy atom. The molecule has 3 heteroatoms. The van der Waals surface area contributed by atoms with Crippen molar-refractivity contribution in [2.75, 3.05) is 7.11 Å². The van der Waals surface area contributed by atoms with E-state index >= 15 is 0 Å². The molecular formula is C20H24O3. The Balaban J connectivity index is 2.27. The van der Waals surface area contributed by atoms with E-state index in [2.05, 4.69) is 0 Å². The van der Waals surface area contributed by atoms with Crippen LogP contribution in [0.15, 0.2) is 54.6 Å². The Labute approximate surface area is 138 Å². The molecule has 0 aromatic heterocycles. The lowest BCUT2D eigenvalue weighted by Gasteiger charge is -2.23. The molecule has 0 saturated carbocycles. The summed E-state index contributed by atoms with van der Waals surface area (Å²) in [6.07, 6.45) is 0.313. The van der Waals surface area contributed by atoms with Gasteiger partial charge < -0.3 is 9.47 Å². The molecular weight excluding hydrogens is 288 g/mol. The SMILES string of the molecule is COc1ccc([C@@H](CC(=O)OC(C)(C)C)c2ccccc2)cc1. The zero-order valence-corrected chi connectivity index (χ0v) is 14.2. The first-order valence-corrected chi connectivity index (χ1v) is 7.80. The Morgan fingerprint density at radius 2 is 1.52 bits per heavy atom. The summed E-state index contributed by atoms with van der Waals surface area (Å²) in [5.41, 5.74) is 1.70. The summed E-state index contributed by atoms with van der Waals surface area (Å²) in [5.74, 6) is 0.581. The summed E-state index contributed by atoms with van der Waals surface area (Å²) in [6, 6.07) is 17.9. The topological polar surface area (TPSA) is 35.5 Å². The number of carbonyl (C=O) groups is 1. The van der Waals surface area contributed by atoms with Crippen LogP contribution in [0, 0.1) is 0 Å². The molecule has 0 heterocycles. The van der Waals surface area contributed by atoms with Crippen LogP contribution in [-0.4, -0.2) is 18.7 Å². The minimum atomic E-state index is -0.474. The van der Waals surface area contributed by atoms with Gasteiger partial charge in [0.15, 0.2) is 0 Å². The third-order valence-electron chi connectivity index (χ3n) is 3.51. The summed E-state index contributed by atoms with van der Waals surface area (Å²) < 4.78 is 10.7. The van der Waals surface area contributed by atoms with Crippen LogP contribution in [0.1, 0.15) is 44.2 Å². The van der Waals surface area contributed by atoms with Gasteiger partial charge in [0.05, 0.1) is 13.5 Å². The molecule has 0 amide bonds. The smallest absolute Gasteiger partial charge is 0.307 e. The van der Waals surface area contributed by atoms with E-state index in [0.717, 1.165) is 16.9 Å². The van der Waals surface area contributed by atoms with E-state index in [9.17, 15) is 4.79 Å². The minimum absolute atomic E-state index is 0.0306. The molecule has 0 aliphatic carbocycles. The standard InChI is InChI=1S/C20H24O3/c1-20(2,3)23-19(21)14-18(15-8-6-5-7-9-15)16-10-12-17(22-4)13-11-16/h5-13,18H,14H2,1-4H3/t18-/m0/s1. The van der Waals surface area contributed by atoms with Gasteiger partial charge in [-0.15, -0.1) is 0 Å². The summed E-state index contributed by atoms with van der Waals surface area (Å²) in [4.78, 5) is 12.3. The Bertz CT molecular complexity index is 624. The molecule has 0 aliphatic heterocycles. The van der Waals surface area contributed by atoms with Crippen LogP contribution in [0.5, 0.6) is 5.75 Å². The van der Waals surface area contributed by atoms with Crippen LogP contribution in [0.2, 0.25) is 0 Å². The van der Waals surface area contributed by atoms with E-state index in [1.165, 1.54) is 0 Å². The lowest BCUT2D eigenvalue weighted by atomic mass is 9.88. The number of benzene rings is 2. The third-order valence-corrected chi connectivity index (χ3v) is 3.51. The second kappa shape index (κ2) is 7.32. The van der Waals surface area contributed by atoms with Crippen molar-refractivity contribution < 1.29 is 14.3 Å². The van der Waals surface area contributed by atoms with E-state index in [1.54, 1.807) is 7.11 Å². The van der Waals surface area contributed by atoms with Crippen LogP contribution in [0.3, 0.4) is 0 Å². The summed E-state index contributed by atoms with van der Waals surface area (Å²) in [6.45, 7) is 5.65. The lowest BCUT2D eigenvalue weighted by Crippen LogP contribution is -2.25. The van der Waals surface area contributed by atoms with E-state index < -0.39 is 5.60 Å². The zero-order chi connectivity index (χ0) is 16.9. The zero-order valence-electron chi connectivity index (χ0n) is 14.2. The second-order valence-corrected chi connectivity index (χ2v) is 6.53. The molecule has 23 heavy (non-hydrogen) atoms. The van der Waals surface area contributed by atoms with Gasteiger partial charge in [-0.3, -0.25) is 4.79 Å². The minimum Gasteiger partial charge on any atom is -0.497 e. The molecule has 0 saturated heterocycles. The van der Waals surface area contributed by atoms with Crippen LogP contribution < -0.4 is 4.74 Å². The van der Waals surface area contributed by atoms with E-state index in [0.29, 0.717) is 6.42 Å². The molecule has 122 valence electrons. The molecule has 0 spiro atoms. The van der Waals surface area contributed by atoms with Gasteiger partial charge >= 0.3 is 5.97 Å². The average Bonchev–Trinajstić information content (AvgIpc) is 2.52. The molecule has 0 N–H and O–H groups in total. The van der Waals surface area contributed by atoms with Gasteiger partial charge in [-0.2, -0.15) is 0 Å². The molecule has 1 atom stereocenters. The molecule has 2 aromatic rings. The van der Waals surface area contributed by atoms with Crippen molar-refractivity contribution in [1.82, 2.24) is 0 Å². The van der Waals surface area contributed by atoms with Gasteiger partial charge in [-0.1, -0.05) is 42.5 Å². The Hall–Kier alpha value is -2.29. The van der Waals surface area contributed by atoms with Crippen molar-refractivity contribution in [2.45, 2.75) is 38.7 Å². The number of methoxy groups -OCH3 is 1. The molecule has 0 aliphatic rings. The number of esters is 1. The van der Waals surface area contributed by atoms with Crippen LogP contribution >= 0.6 is 0 Å². The molecule has 2 aromatic carbocycles. The van der Waals surface area contributed by atoms with Crippen molar-refractivity contribution in [3.8, 4) is 5.75 Å². The number of hydrogen-bond acceptors (Lipinski definition) is 3. The fourth-order valence-electron chi connectivity index (χ4n) is 2.50. The fraction of sp³-hybridized carbons (Fsp3) is 0.350. The van der Waals surface area contributed by atoms with Crippen molar-refractivity contribution in [1.29, 1.82) is 0 Å². The number of rotatable bonds is 5. The highest BCUT2D eigenvalue weighted by atomic mass is 16.6. The summed E-state index contributed by atoms with van der Waals surface area (Å²) in [7, 11) is 1.64. The maximum absolute atomic E-state index is 12.3. The van der Waals surface area contributed by atoms with Crippen molar-refractivity contribution in [3.63, 3.8) is 0 Å². The highest BCUT2D eigenvalue weighted by Gasteiger charge is 2.23. The normalized spacial score (nSPS) is 12.5. The predicted octanol–water partition coefficient (Wildman–Crippen LogP) is 4.56. The first kappa shape index (κ1) is 17.1. The van der Waals surface area contributed by atoms with Gasteiger partial charge in [-0.25, -0.2) is 0 Å². The lowest BCUT2D eigenvalue weighted by molar-refractivity contribution is -0.155. The van der Waals surface area contributed by atoms with Gasteiger partial charge in [-0.05, 0) is 44.0 Å². The van der Waals surface area contributed by atoms with Gasteiger partial charge in [0.2, 0.25) is 0 Å². The molecule has 3 nitrogen and oxygen atoms in total. The Morgan fingerprint density at radius 1 is 0.957 bits per heavy atom. The fourth-order valence-corrected chi connectivity index (χ4v) is 2.50. The number of hydrogen-bond donors (Lipinski definition) is 0. The molecule has 0 radical (unpaired) electrons. The quantitative estimate of drug-likeness (QED) is 0.759. The van der Waals surface area contributed by atoms with E-state index in [-0.39, 0.29) is 11.9 Å². The number of carbonyl (C=O) groups excluding carboxylic acids is 1. The largest absolute Gasteiger partial charge is 0.497 e. The summed E-state index contributed by atoms with van der Waals surface area (Å²) in [5, 5.41) is 0. The van der Waals surface area contributed by atoms with Crippen molar-refractivity contribution in [2.24, 2.45) is 0 Å². The molecule has 0 unspecified atom stereocenters. The van der Waals surface area contributed by atoms with Gasteiger partial charge in [0.1, 0.15) is 11.4 Å². The van der Waals surface area contributed by atoms with Gasteiger partial charge in [0.25, 0.3) is 0 Å². The maximum atomic E-state index is 12.3.